The summed E-state index contributed by atoms with van der Waals surface area (Å²) in [6.45, 7) is 4.10. The van der Waals surface area contributed by atoms with Crippen molar-refractivity contribution >= 4 is 32.9 Å². The molecule has 0 bridgehead atoms. The van der Waals surface area contributed by atoms with Gasteiger partial charge in [0.05, 0.1) is 34.8 Å². The van der Waals surface area contributed by atoms with Crippen LogP contribution in [0, 0.1) is 0 Å². The molecule has 0 saturated heterocycles. The van der Waals surface area contributed by atoms with Crippen molar-refractivity contribution in [3.05, 3.63) is 28.2 Å². The Morgan fingerprint density at radius 1 is 1.36 bits per heavy atom. The summed E-state index contributed by atoms with van der Waals surface area (Å²) >= 11 is 3.29. The molecule has 9 heteroatoms. The SMILES string of the molecule is CCOC(=O)C[C@@H](N[S@@](=O)C(C)(C)C)c1c(Br)cccc1OC(F)F. The van der Waals surface area contributed by atoms with E-state index in [-0.39, 0.29) is 24.3 Å². The molecule has 2 atom stereocenters. The smallest absolute Gasteiger partial charge is 0.387 e. The fraction of sp³-hybridized carbons (Fsp3) is 0.562. The minimum atomic E-state index is -3.02. The van der Waals surface area contributed by atoms with Gasteiger partial charge in [0.1, 0.15) is 5.75 Å². The second-order valence-electron chi connectivity index (χ2n) is 6.09. The first kappa shape index (κ1) is 22.0. The third-order valence-electron chi connectivity index (χ3n) is 3.06. The van der Waals surface area contributed by atoms with Crippen LogP contribution >= 0.6 is 15.9 Å². The van der Waals surface area contributed by atoms with Crippen LogP contribution in [0.15, 0.2) is 22.7 Å². The van der Waals surface area contributed by atoms with E-state index in [0.29, 0.717) is 4.47 Å². The molecule has 25 heavy (non-hydrogen) atoms. The van der Waals surface area contributed by atoms with E-state index in [2.05, 4.69) is 25.4 Å². The number of carbonyl (C=O) groups excluding carboxylic acids is 1. The van der Waals surface area contributed by atoms with E-state index in [9.17, 15) is 17.8 Å². The minimum Gasteiger partial charge on any atom is -0.466 e. The van der Waals surface area contributed by atoms with Gasteiger partial charge in [0.15, 0.2) is 0 Å². The maximum Gasteiger partial charge on any atom is 0.387 e. The van der Waals surface area contributed by atoms with E-state index in [1.54, 1.807) is 33.8 Å². The van der Waals surface area contributed by atoms with E-state index in [0.717, 1.165) is 0 Å². The number of hydrogen-bond acceptors (Lipinski definition) is 4. The third kappa shape index (κ3) is 6.99. The molecule has 0 radical (unpaired) electrons. The van der Waals surface area contributed by atoms with Gasteiger partial charge in [-0.2, -0.15) is 8.78 Å². The Morgan fingerprint density at radius 2 is 2.00 bits per heavy atom. The van der Waals surface area contributed by atoms with Gasteiger partial charge >= 0.3 is 12.6 Å². The van der Waals surface area contributed by atoms with Crippen molar-refractivity contribution in [1.82, 2.24) is 4.72 Å². The van der Waals surface area contributed by atoms with Crippen LogP contribution < -0.4 is 9.46 Å². The molecule has 0 aromatic heterocycles. The number of hydrogen-bond donors (Lipinski definition) is 1. The Kier molecular flexibility index (Phi) is 8.43. The van der Waals surface area contributed by atoms with Crippen LogP contribution in [0.4, 0.5) is 8.78 Å². The summed E-state index contributed by atoms with van der Waals surface area (Å²) in [7, 11) is -1.54. The van der Waals surface area contributed by atoms with Crippen molar-refractivity contribution in [2.24, 2.45) is 0 Å². The van der Waals surface area contributed by atoms with Gasteiger partial charge in [0.2, 0.25) is 0 Å². The van der Waals surface area contributed by atoms with Crippen LogP contribution in [0.5, 0.6) is 5.75 Å². The predicted molar refractivity (Wildman–Crippen MR) is 95.8 cm³/mol. The molecule has 1 aromatic carbocycles. The van der Waals surface area contributed by atoms with Crippen molar-refractivity contribution in [1.29, 1.82) is 0 Å². The van der Waals surface area contributed by atoms with Crippen molar-refractivity contribution < 1.29 is 27.3 Å². The average Bonchev–Trinajstić information content (AvgIpc) is 2.45. The van der Waals surface area contributed by atoms with Crippen LogP contribution in [0.2, 0.25) is 0 Å². The van der Waals surface area contributed by atoms with Crippen LogP contribution in [0.25, 0.3) is 0 Å². The van der Waals surface area contributed by atoms with Crippen molar-refractivity contribution in [2.45, 2.75) is 51.5 Å². The zero-order valence-electron chi connectivity index (χ0n) is 14.5. The Morgan fingerprint density at radius 3 is 2.52 bits per heavy atom. The number of benzene rings is 1. The summed E-state index contributed by atoms with van der Waals surface area (Å²) in [5.74, 6) is -0.637. The van der Waals surface area contributed by atoms with E-state index >= 15 is 0 Å². The number of carbonyl (C=O) groups is 1. The Balaban J connectivity index is 3.26. The number of rotatable bonds is 8. The van der Waals surface area contributed by atoms with Gasteiger partial charge in [0.25, 0.3) is 0 Å². The maximum atomic E-state index is 12.7. The molecule has 0 unspecified atom stereocenters. The second-order valence-corrected chi connectivity index (χ2v) is 8.94. The van der Waals surface area contributed by atoms with Crippen LogP contribution in [-0.4, -0.2) is 28.1 Å². The quantitative estimate of drug-likeness (QED) is 0.616. The highest BCUT2D eigenvalue weighted by molar-refractivity contribution is 9.10. The lowest BCUT2D eigenvalue weighted by Gasteiger charge is -2.26. The summed E-state index contributed by atoms with van der Waals surface area (Å²) in [6.07, 6.45) is -0.183. The van der Waals surface area contributed by atoms with Gasteiger partial charge in [-0.1, -0.05) is 22.0 Å². The molecule has 1 rings (SSSR count). The van der Waals surface area contributed by atoms with Crippen molar-refractivity contribution in [3.63, 3.8) is 0 Å². The van der Waals surface area contributed by atoms with Crippen LogP contribution in [-0.2, 0) is 20.5 Å². The molecule has 0 aliphatic heterocycles. The van der Waals surface area contributed by atoms with Crippen molar-refractivity contribution in [3.8, 4) is 5.75 Å². The number of ether oxygens (including phenoxy) is 2. The Hall–Kier alpha value is -1.06. The number of halogens is 3. The number of esters is 1. The summed E-state index contributed by atoms with van der Waals surface area (Å²) in [4.78, 5) is 11.9. The lowest BCUT2D eigenvalue weighted by atomic mass is 10.0. The fourth-order valence-electron chi connectivity index (χ4n) is 1.95. The largest absolute Gasteiger partial charge is 0.466 e. The predicted octanol–water partition coefficient (Wildman–Crippen LogP) is 4.10. The summed E-state index contributed by atoms with van der Waals surface area (Å²) in [5.41, 5.74) is 0.286. The first-order valence-electron chi connectivity index (χ1n) is 7.63. The van der Waals surface area contributed by atoms with Crippen molar-refractivity contribution in [2.75, 3.05) is 6.61 Å². The molecule has 1 N–H and O–H groups in total. The molecular formula is C16H22BrF2NO4S. The lowest BCUT2D eigenvalue weighted by molar-refractivity contribution is -0.143. The monoisotopic (exact) mass is 441 g/mol. The third-order valence-corrected chi connectivity index (χ3v) is 5.36. The van der Waals surface area contributed by atoms with E-state index in [1.165, 1.54) is 12.1 Å². The van der Waals surface area contributed by atoms with E-state index < -0.39 is 34.4 Å². The summed E-state index contributed by atoms with van der Waals surface area (Å²) in [6, 6.07) is 3.70. The van der Waals surface area contributed by atoms with Gasteiger partial charge < -0.3 is 9.47 Å². The minimum absolute atomic E-state index is 0.0999. The van der Waals surface area contributed by atoms with Gasteiger partial charge in [-0.3, -0.25) is 4.79 Å². The van der Waals surface area contributed by atoms with Gasteiger partial charge in [-0.05, 0) is 39.8 Å². The molecule has 1 aromatic rings. The lowest BCUT2D eigenvalue weighted by Crippen LogP contribution is -2.37. The highest BCUT2D eigenvalue weighted by atomic mass is 79.9. The topological polar surface area (TPSA) is 64.6 Å². The molecule has 0 saturated carbocycles. The maximum absolute atomic E-state index is 12.7. The first-order chi connectivity index (χ1) is 11.6. The first-order valence-corrected chi connectivity index (χ1v) is 9.57. The van der Waals surface area contributed by atoms with E-state index in [1.807, 2.05) is 0 Å². The Labute approximate surface area is 157 Å². The summed E-state index contributed by atoms with van der Waals surface area (Å²) in [5, 5.41) is 0. The highest BCUT2D eigenvalue weighted by Gasteiger charge is 2.29. The number of alkyl halides is 2. The zero-order valence-corrected chi connectivity index (χ0v) is 16.9. The molecule has 0 fully saturated rings. The van der Waals surface area contributed by atoms with Crippen LogP contribution in [0.1, 0.15) is 45.7 Å². The molecule has 0 amide bonds. The average molecular weight is 442 g/mol. The fourth-order valence-corrected chi connectivity index (χ4v) is 3.39. The Bertz CT molecular complexity index is 623. The standard InChI is InChI=1S/C16H22BrF2NO4S/c1-5-23-13(21)9-11(20-25(22)16(2,3)4)14-10(17)7-6-8-12(14)24-15(18)19/h6-8,11,15,20H,5,9H2,1-4H3/t11-,25+/m1/s1. The summed E-state index contributed by atoms with van der Waals surface area (Å²) < 4.78 is 50.1. The van der Waals surface area contributed by atoms with Gasteiger partial charge in [-0.15, -0.1) is 0 Å². The highest BCUT2D eigenvalue weighted by Crippen LogP contribution is 2.36. The van der Waals surface area contributed by atoms with Gasteiger partial charge in [0, 0.05) is 10.0 Å². The normalized spacial score (nSPS) is 14.2. The molecule has 0 aliphatic rings. The van der Waals surface area contributed by atoms with E-state index in [4.69, 9.17) is 4.74 Å². The molecule has 0 heterocycles. The molecule has 0 aliphatic carbocycles. The molecular weight excluding hydrogens is 420 g/mol. The second kappa shape index (κ2) is 9.59. The van der Waals surface area contributed by atoms with Gasteiger partial charge in [-0.25, -0.2) is 8.93 Å². The molecule has 0 spiro atoms. The zero-order chi connectivity index (χ0) is 19.2. The molecule has 142 valence electrons. The molecule has 5 nitrogen and oxygen atoms in total. The van der Waals surface area contributed by atoms with Crippen LogP contribution in [0.3, 0.4) is 0 Å². The number of nitrogens with one attached hydrogen (secondary N) is 1.